The maximum Gasteiger partial charge on any atom is 0.309 e. The van der Waals surface area contributed by atoms with Gasteiger partial charge in [0.05, 0.1) is 12.5 Å². The van der Waals surface area contributed by atoms with Crippen LogP contribution >= 0.6 is 0 Å². The van der Waals surface area contributed by atoms with Gasteiger partial charge in [-0.15, -0.1) is 0 Å². The molecule has 0 bridgehead atoms. The molecule has 3 rings (SSSR count). The SMILES string of the molecule is CO[C@@H]1OC(=O)C[C@H]1NCCc1c[nH]c2ccccc12. The third kappa shape index (κ3) is 2.55. The number of hydrogen-bond acceptors (Lipinski definition) is 4. The van der Waals surface area contributed by atoms with Crippen LogP contribution in [-0.2, 0) is 20.7 Å². The molecule has 0 amide bonds. The number of cyclic esters (lactones) is 1. The molecule has 5 heteroatoms. The van der Waals surface area contributed by atoms with Crippen LogP contribution in [0.15, 0.2) is 30.5 Å². The lowest BCUT2D eigenvalue weighted by Crippen LogP contribution is -2.38. The van der Waals surface area contributed by atoms with Gasteiger partial charge in [0, 0.05) is 24.2 Å². The van der Waals surface area contributed by atoms with Gasteiger partial charge in [0.2, 0.25) is 6.29 Å². The topological polar surface area (TPSA) is 63.4 Å². The second-order valence-electron chi connectivity index (χ2n) is 4.97. The van der Waals surface area contributed by atoms with Gasteiger partial charge in [0.15, 0.2) is 0 Å². The molecule has 1 saturated heterocycles. The van der Waals surface area contributed by atoms with E-state index in [0.29, 0.717) is 6.42 Å². The molecular formula is C15H18N2O3. The van der Waals surface area contributed by atoms with Crippen LogP contribution in [0.3, 0.4) is 0 Å². The number of para-hydroxylation sites is 1. The average molecular weight is 274 g/mol. The first-order valence-electron chi connectivity index (χ1n) is 6.78. The van der Waals surface area contributed by atoms with Gasteiger partial charge in [-0.1, -0.05) is 18.2 Å². The van der Waals surface area contributed by atoms with Crippen LogP contribution in [0, 0.1) is 0 Å². The fraction of sp³-hybridized carbons (Fsp3) is 0.400. The van der Waals surface area contributed by atoms with E-state index >= 15 is 0 Å². The number of fused-ring (bicyclic) bond motifs is 1. The van der Waals surface area contributed by atoms with Gasteiger partial charge in [0.1, 0.15) is 0 Å². The van der Waals surface area contributed by atoms with Crippen molar-refractivity contribution in [3.8, 4) is 0 Å². The van der Waals surface area contributed by atoms with E-state index in [2.05, 4.69) is 22.4 Å². The maximum atomic E-state index is 11.2. The number of benzene rings is 1. The highest BCUT2D eigenvalue weighted by Crippen LogP contribution is 2.19. The van der Waals surface area contributed by atoms with Crippen molar-refractivity contribution in [1.82, 2.24) is 10.3 Å². The number of rotatable bonds is 5. The summed E-state index contributed by atoms with van der Waals surface area (Å²) in [5.41, 5.74) is 2.42. The van der Waals surface area contributed by atoms with Crippen molar-refractivity contribution < 1.29 is 14.3 Å². The summed E-state index contributed by atoms with van der Waals surface area (Å²) in [7, 11) is 1.55. The first-order valence-corrected chi connectivity index (χ1v) is 6.78. The number of aromatic nitrogens is 1. The lowest BCUT2D eigenvalue weighted by Gasteiger charge is -2.16. The van der Waals surface area contributed by atoms with Gasteiger partial charge in [-0.05, 0) is 24.6 Å². The summed E-state index contributed by atoms with van der Waals surface area (Å²) >= 11 is 0. The molecule has 2 N–H and O–H groups in total. The highest BCUT2D eigenvalue weighted by molar-refractivity contribution is 5.83. The van der Waals surface area contributed by atoms with Crippen LogP contribution < -0.4 is 5.32 Å². The van der Waals surface area contributed by atoms with Crippen molar-refractivity contribution in [1.29, 1.82) is 0 Å². The van der Waals surface area contributed by atoms with E-state index in [1.807, 2.05) is 18.3 Å². The molecule has 1 aromatic heterocycles. The molecule has 20 heavy (non-hydrogen) atoms. The minimum atomic E-state index is -0.467. The number of ether oxygens (including phenoxy) is 2. The molecule has 0 saturated carbocycles. The normalized spacial score (nSPS) is 22.4. The third-order valence-electron chi connectivity index (χ3n) is 3.67. The molecular weight excluding hydrogens is 256 g/mol. The van der Waals surface area contributed by atoms with Gasteiger partial charge >= 0.3 is 5.97 Å². The Labute approximate surface area is 117 Å². The predicted molar refractivity (Wildman–Crippen MR) is 75.3 cm³/mol. The summed E-state index contributed by atoms with van der Waals surface area (Å²) in [6.45, 7) is 0.781. The molecule has 0 spiro atoms. The molecule has 0 radical (unpaired) electrons. The first kappa shape index (κ1) is 13.1. The second-order valence-corrected chi connectivity index (χ2v) is 4.97. The molecule has 2 heterocycles. The number of carbonyl (C=O) groups is 1. The lowest BCUT2D eigenvalue weighted by atomic mass is 10.1. The van der Waals surface area contributed by atoms with Crippen molar-refractivity contribution >= 4 is 16.9 Å². The highest BCUT2D eigenvalue weighted by atomic mass is 16.7. The number of hydrogen-bond donors (Lipinski definition) is 2. The zero-order valence-electron chi connectivity index (χ0n) is 11.4. The monoisotopic (exact) mass is 274 g/mol. The Hall–Kier alpha value is -1.85. The van der Waals surface area contributed by atoms with Gasteiger partial charge < -0.3 is 19.8 Å². The first-order chi connectivity index (χ1) is 9.78. The minimum Gasteiger partial charge on any atom is -0.434 e. The molecule has 0 unspecified atom stereocenters. The van der Waals surface area contributed by atoms with Gasteiger partial charge in [0.25, 0.3) is 0 Å². The van der Waals surface area contributed by atoms with Gasteiger partial charge in [-0.3, -0.25) is 4.79 Å². The summed E-state index contributed by atoms with van der Waals surface area (Å²) in [4.78, 5) is 14.5. The smallest absolute Gasteiger partial charge is 0.309 e. The van der Waals surface area contributed by atoms with E-state index in [4.69, 9.17) is 9.47 Å². The Balaban J connectivity index is 1.59. The van der Waals surface area contributed by atoms with Crippen molar-refractivity contribution in [3.63, 3.8) is 0 Å². The molecule has 1 aliphatic rings. The minimum absolute atomic E-state index is 0.0577. The van der Waals surface area contributed by atoms with Gasteiger partial charge in [-0.2, -0.15) is 0 Å². The number of H-pyrrole nitrogens is 1. The molecule has 106 valence electrons. The van der Waals surface area contributed by atoms with E-state index in [0.717, 1.165) is 18.5 Å². The Kier molecular flexibility index (Phi) is 3.71. The molecule has 2 aromatic rings. The van der Waals surface area contributed by atoms with E-state index in [-0.39, 0.29) is 12.0 Å². The van der Waals surface area contributed by atoms with Gasteiger partial charge in [-0.25, -0.2) is 0 Å². The highest BCUT2D eigenvalue weighted by Gasteiger charge is 2.34. The van der Waals surface area contributed by atoms with Crippen molar-refractivity contribution in [2.45, 2.75) is 25.2 Å². The Morgan fingerprint density at radius 1 is 1.45 bits per heavy atom. The molecule has 1 fully saturated rings. The number of carbonyl (C=O) groups excluding carboxylic acids is 1. The third-order valence-corrected chi connectivity index (χ3v) is 3.67. The summed E-state index contributed by atoms with van der Waals surface area (Å²) in [5, 5.41) is 4.58. The molecule has 2 atom stereocenters. The van der Waals surface area contributed by atoms with E-state index < -0.39 is 6.29 Å². The summed E-state index contributed by atoms with van der Waals surface area (Å²) in [6.07, 6.45) is 2.83. The summed E-state index contributed by atoms with van der Waals surface area (Å²) < 4.78 is 10.2. The van der Waals surface area contributed by atoms with Crippen molar-refractivity contribution in [2.24, 2.45) is 0 Å². The largest absolute Gasteiger partial charge is 0.434 e. The number of methoxy groups -OCH3 is 1. The second kappa shape index (κ2) is 5.64. The number of aromatic amines is 1. The molecule has 1 aromatic carbocycles. The average Bonchev–Trinajstić information content (AvgIpc) is 3.03. The lowest BCUT2D eigenvalue weighted by molar-refractivity contribution is -0.159. The Morgan fingerprint density at radius 3 is 3.15 bits per heavy atom. The van der Waals surface area contributed by atoms with Crippen LogP contribution in [0.5, 0.6) is 0 Å². The fourth-order valence-corrected chi connectivity index (χ4v) is 2.65. The van der Waals surface area contributed by atoms with Crippen LogP contribution in [0.4, 0.5) is 0 Å². The van der Waals surface area contributed by atoms with Crippen molar-refractivity contribution in [2.75, 3.05) is 13.7 Å². The fourth-order valence-electron chi connectivity index (χ4n) is 2.65. The van der Waals surface area contributed by atoms with Crippen LogP contribution in [-0.4, -0.2) is 36.9 Å². The standard InChI is InChI=1S/C15H18N2O3/c1-19-15-13(8-14(18)20-15)16-7-6-10-9-17-12-5-3-2-4-11(10)12/h2-5,9,13,15-17H,6-8H2,1H3/t13-,15-/m1/s1. The maximum absolute atomic E-state index is 11.2. The number of nitrogens with one attached hydrogen (secondary N) is 2. The zero-order chi connectivity index (χ0) is 13.9. The molecule has 1 aliphatic heterocycles. The predicted octanol–water partition coefficient (Wildman–Crippen LogP) is 1.59. The van der Waals surface area contributed by atoms with Crippen LogP contribution in [0.2, 0.25) is 0 Å². The van der Waals surface area contributed by atoms with Crippen LogP contribution in [0.25, 0.3) is 10.9 Å². The Bertz CT molecular complexity index is 608. The summed E-state index contributed by atoms with van der Waals surface area (Å²) in [6, 6.07) is 8.18. The number of esters is 1. The molecule has 5 nitrogen and oxygen atoms in total. The zero-order valence-corrected chi connectivity index (χ0v) is 11.4. The van der Waals surface area contributed by atoms with E-state index in [9.17, 15) is 4.79 Å². The molecule has 0 aliphatic carbocycles. The summed E-state index contributed by atoms with van der Waals surface area (Å²) in [5.74, 6) is -0.207. The van der Waals surface area contributed by atoms with Crippen molar-refractivity contribution in [3.05, 3.63) is 36.0 Å². The van der Waals surface area contributed by atoms with E-state index in [1.54, 1.807) is 7.11 Å². The van der Waals surface area contributed by atoms with Crippen LogP contribution in [0.1, 0.15) is 12.0 Å². The Morgan fingerprint density at radius 2 is 2.30 bits per heavy atom. The van der Waals surface area contributed by atoms with E-state index in [1.165, 1.54) is 10.9 Å². The quantitative estimate of drug-likeness (QED) is 0.813.